The van der Waals surface area contributed by atoms with Gasteiger partial charge in [0.15, 0.2) is 17.7 Å². The van der Waals surface area contributed by atoms with Gasteiger partial charge in [0.25, 0.3) is 12.3 Å². The van der Waals surface area contributed by atoms with Crippen molar-refractivity contribution in [3.05, 3.63) is 57.0 Å². The summed E-state index contributed by atoms with van der Waals surface area (Å²) in [6.07, 6.45) is -5.53. The van der Waals surface area contributed by atoms with Crippen LogP contribution in [0, 0.1) is 11.6 Å². The highest BCUT2D eigenvalue weighted by Gasteiger charge is 2.28. The number of hydrogen-bond donors (Lipinski definition) is 1. The van der Waals surface area contributed by atoms with Crippen LogP contribution < -0.4 is 10.1 Å². The van der Waals surface area contributed by atoms with Crippen molar-refractivity contribution in [1.82, 2.24) is 0 Å². The molecule has 0 aliphatic rings. The summed E-state index contributed by atoms with van der Waals surface area (Å²) in [5.41, 5.74) is -0.923. The van der Waals surface area contributed by atoms with Gasteiger partial charge in [0.2, 0.25) is 0 Å². The van der Waals surface area contributed by atoms with E-state index in [0.29, 0.717) is 0 Å². The quantitative estimate of drug-likeness (QED) is 0.571. The van der Waals surface area contributed by atoms with Gasteiger partial charge >= 0.3 is 0 Å². The normalized spacial score (nSPS) is 12.2. The molecule has 10 heteroatoms. The van der Waals surface area contributed by atoms with Gasteiger partial charge in [0, 0.05) is 0 Å². The number of anilines is 1. The summed E-state index contributed by atoms with van der Waals surface area (Å²) in [5.74, 6) is -4.02. The van der Waals surface area contributed by atoms with Crippen LogP contribution in [0.25, 0.3) is 0 Å². The Morgan fingerprint density at radius 1 is 1.23 bits per heavy atom. The van der Waals surface area contributed by atoms with Gasteiger partial charge in [-0.05, 0) is 40.2 Å². The van der Waals surface area contributed by atoms with Crippen LogP contribution in [-0.4, -0.2) is 25.1 Å². The minimum Gasteiger partial charge on any atom is -0.478 e. The number of nitrogens with one attached hydrogen (secondary N) is 1. The van der Waals surface area contributed by atoms with Crippen LogP contribution >= 0.6 is 27.5 Å². The lowest BCUT2D eigenvalue weighted by atomic mass is 10.1. The van der Waals surface area contributed by atoms with E-state index < -0.39 is 48.1 Å². The van der Waals surface area contributed by atoms with Gasteiger partial charge in [-0.2, -0.15) is 0 Å². The monoisotopic (exact) mass is 457 g/mol. The zero-order chi connectivity index (χ0) is 19.4. The summed E-state index contributed by atoms with van der Waals surface area (Å²) >= 11 is 8.61. The highest BCUT2D eigenvalue weighted by molar-refractivity contribution is 9.10. The lowest BCUT2D eigenvalue weighted by Crippen LogP contribution is -2.29. The second-order valence-corrected chi connectivity index (χ2v) is 6.20. The molecule has 0 heterocycles. The summed E-state index contributed by atoms with van der Waals surface area (Å²) in [5, 5.41) is 1.98. The van der Waals surface area contributed by atoms with Crippen molar-refractivity contribution in [2.75, 3.05) is 12.0 Å². The number of carbonyl (C=O) groups excluding carboxylic acids is 1. The molecule has 0 radical (unpaired) electrons. The fourth-order valence-electron chi connectivity index (χ4n) is 1.93. The number of halogens is 7. The smallest absolute Gasteiger partial charge is 0.277 e. The van der Waals surface area contributed by atoms with Gasteiger partial charge in [-0.15, -0.1) is 0 Å². The van der Waals surface area contributed by atoms with E-state index in [2.05, 4.69) is 26.0 Å². The Morgan fingerprint density at radius 2 is 1.92 bits per heavy atom. The molecule has 2 rings (SSSR count). The van der Waals surface area contributed by atoms with Crippen molar-refractivity contribution < 1.29 is 31.5 Å². The summed E-state index contributed by atoms with van der Waals surface area (Å²) in [4.78, 5) is 12.4. The molecule has 2 aromatic carbocycles. The Morgan fingerprint density at radius 3 is 2.50 bits per heavy atom. The number of benzene rings is 2. The summed E-state index contributed by atoms with van der Waals surface area (Å²) in [6, 6.07) is 5.79. The molecule has 0 aromatic heterocycles. The molecule has 0 spiro atoms. The Labute approximate surface area is 158 Å². The van der Waals surface area contributed by atoms with Crippen LogP contribution in [0.2, 0.25) is 5.02 Å². The van der Waals surface area contributed by atoms with E-state index in [1.165, 1.54) is 12.1 Å². The van der Waals surface area contributed by atoms with E-state index in [4.69, 9.17) is 11.6 Å². The second kappa shape index (κ2) is 8.68. The Balaban J connectivity index is 2.42. The van der Waals surface area contributed by atoms with E-state index in [-0.39, 0.29) is 15.2 Å². The zero-order valence-electron chi connectivity index (χ0n) is 12.7. The molecule has 1 N–H and O–H groups in total. The first-order valence-electron chi connectivity index (χ1n) is 7.00. The number of para-hydroxylation sites is 1. The van der Waals surface area contributed by atoms with Crippen molar-refractivity contribution in [3.8, 4) is 5.75 Å². The predicted octanol–water partition coefficient (Wildman–Crippen LogP) is 5.62. The molecule has 0 aliphatic carbocycles. The fourth-order valence-corrected chi connectivity index (χ4v) is 2.45. The van der Waals surface area contributed by atoms with E-state index >= 15 is 0 Å². The Bertz CT molecular complexity index is 801. The molecule has 26 heavy (non-hydrogen) atoms. The maximum absolute atomic E-state index is 14.3. The van der Waals surface area contributed by atoms with Crippen molar-refractivity contribution in [2.45, 2.75) is 12.5 Å². The van der Waals surface area contributed by atoms with Crippen molar-refractivity contribution in [2.24, 2.45) is 0 Å². The number of hydrogen-bond acceptors (Lipinski definition) is 2. The first-order valence-corrected chi connectivity index (χ1v) is 8.17. The topological polar surface area (TPSA) is 38.3 Å². The SMILES string of the molecule is O=C(Nc1c(F)cccc1Cl)c1ccc(Br)c(F)c1O[C@@H](CF)C(F)F. The van der Waals surface area contributed by atoms with Crippen molar-refractivity contribution in [3.63, 3.8) is 0 Å². The number of ether oxygens (including phenoxy) is 1. The van der Waals surface area contributed by atoms with Crippen molar-refractivity contribution in [1.29, 1.82) is 0 Å². The highest BCUT2D eigenvalue weighted by atomic mass is 79.9. The molecule has 1 atom stereocenters. The molecule has 2 aromatic rings. The Kier molecular flexibility index (Phi) is 6.82. The standard InChI is InChI=1S/C16H10BrClF5NO2/c17-8-5-4-7(14(12(8)21)26-11(6-19)15(22)23)16(25)24-13-9(18)2-1-3-10(13)20/h1-5,11,15H,6H2,(H,24,25)/t11-/m0/s1. The molecule has 3 nitrogen and oxygen atoms in total. The third-order valence-corrected chi connectivity index (χ3v) is 4.13. The van der Waals surface area contributed by atoms with E-state index in [9.17, 15) is 26.7 Å². The fraction of sp³-hybridized carbons (Fsp3) is 0.188. The van der Waals surface area contributed by atoms with Crippen LogP contribution in [0.15, 0.2) is 34.8 Å². The van der Waals surface area contributed by atoms with Gasteiger partial charge in [0.05, 0.1) is 20.7 Å². The first kappa shape index (κ1) is 20.4. The summed E-state index contributed by atoms with van der Waals surface area (Å²) in [7, 11) is 0. The van der Waals surface area contributed by atoms with Crippen molar-refractivity contribution >= 4 is 39.1 Å². The minimum absolute atomic E-state index is 0.132. The molecule has 0 fully saturated rings. The van der Waals surface area contributed by atoms with Gasteiger partial charge in [-0.3, -0.25) is 4.79 Å². The number of rotatable bonds is 6. The molecule has 0 saturated heterocycles. The van der Waals surface area contributed by atoms with E-state index in [0.717, 1.165) is 18.2 Å². The van der Waals surface area contributed by atoms with Gasteiger partial charge in [-0.1, -0.05) is 17.7 Å². The first-order chi connectivity index (χ1) is 12.3. The molecule has 1 amide bonds. The lowest BCUT2D eigenvalue weighted by Gasteiger charge is -2.19. The van der Waals surface area contributed by atoms with E-state index in [1.807, 2.05) is 0 Å². The zero-order valence-corrected chi connectivity index (χ0v) is 15.1. The third kappa shape index (κ3) is 4.45. The second-order valence-electron chi connectivity index (χ2n) is 4.93. The van der Waals surface area contributed by atoms with Gasteiger partial charge in [-0.25, -0.2) is 22.0 Å². The minimum atomic E-state index is -3.25. The maximum Gasteiger partial charge on any atom is 0.277 e. The molecule has 140 valence electrons. The van der Waals surface area contributed by atoms with E-state index in [1.54, 1.807) is 0 Å². The average Bonchev–Trinajstić information content (AvgIpc) is 2.59. The lowest BCUT2D eigenvalue weighted by molar-refractivity contribution is -0.00345. The molecular formula is C16H10BrClF5NO2. The number of amides is 1. The predicted molar refractivity (Wildman–Crippen MR) is 89.9 cm³/mol. The number of carbonyl (C=O) groups is 1. The third-order valence-electron chi connectivity index (χ3n) is 3.20. The average molecular weight is 459 g/mol. The Hall–Kier alpha value is -1.87. The van der Waals surface area contributed by atoms with Gasteiger partial charge in [0.1, 0.15) is 12.5 Å². The highest BCUT2D eigenvalue weighted by Crippen LogP contribution is 2.32. The van der Waals surface area contributed by atoms with Crippen LogP contribution in [0.3, 0.4) is 0 Å². The molecule has 0 bridgehead atoms. The van der Waals surface area contributed by atoms with Crippen LogP contribution in [0.5, 0.6) is 5.75 Å². The molecule has 0 aliphatic heterocycles. The molecule has 0 saturated carbocycles. The van der Waals surface area contributed by atoms with Crippen LogP contribution in [-0.2, 0) is 0 Å². The number of alkyl halides is 3. The van der Waals surface area contributed by atoms with Gasteiger partial charge < -0.3 is 10.1 Å². The molecule has 0 unspecified atom stereocenters. The largest absolute Gasteiger partial charge is 0.478 e. The van der Waals surface area contributed by atoms with Crippen LogP contribution in [0.1, 0.15) is 10.4 Å². The summed E-state index contributed by atoms with van der Waals surface area (Å²) in [6.45, 7) is -1.61. The summed E-state index contributed by atoms with van der Waals surface area (Å²) < 4.78 is 70.7. The molecular weight excluding hydrogens is 449 g/mol. The maximum atomic E-state index is 14.3. The van der Waals surface area contributed by atoms with Crippen LogP contribution in [0.4, 0.5) is 27.6 Å².